The molecule has 1 aliphatic heterocycles. The van der Waals surface area contributed by atoms with Crippen LogP contribution in [0.15, 0.2) is 72.0 Å². The van der Waals surface area contributed by atoms with Gasteiger partial charge in [-0.15, -0.1) is 0 Å². The maximum atomic E-state index is 16.1. The molecule has 2 aliphatic rings. The molecule has 6 rings (SSSR count). The Bertz CT molecular complexity index is 2020. The first-order valence-electron chi connectivity index (χ1n) is 17.3. The van der Waals surface area contributed by atoms with E-state index in [1.165, 1.54) is 32.5 Å². The minimum atomic E-state index is -4.90. The number of likely N-dealkylation sites (N-methyl/N-ethyl adjacent to an activating group) is 1. The Balaban J connectivity index is 1.28. The number of sulfonamides is 1. The molecule has 9 nitrogen and oxygen atoms in total. The van der Waals surface area contributed by atoms with Crippen molar-refractivity contribution in [1.82, 2.24) is 14.9 Å². The molecule has 15 heteroatoms. The zero-order chi connectivity index (χ0) is 38.1. The van der Waals surface area contributed by atoms with E-state index in [0.717, 1.165) is 35.6 Å². The molecule has 1 atom stereocenters. The minimum absolute atomic E-state index is 0.0461. The fourth-order valence-corrected chi connectivity index (χ4v) is 8.69. The summed E-state index contributed by atoms with van der Waals surface area (Å²) in [5, 5.41) is 0. The maximum absolute atomic E-state index is 16.1. The molecule has 2 heterocycles. The lowest BCUT2D eigenvalue weighted by Crippen LogP contribution is -2.56. The van der Waals surface area contributed by atoms with E-state index in [-0.39, 0.29) is 24.0 Å². The van der Waals surface area contributed by atoms with E-state index in [9.17, 15) is 21.6 Å². The minimum Gasteiger partial charge on any atom is -0.497 e. The highest BCUT2D eigenvalue weighted by Crippen LogP contribution is 2.46. The Morgan fingerprint density at radius 3 is 2.32 bits per heavy atom. The Morgan fingerprint density at radius 1 is 0.981 bits per heavy atom. The molecule has 1 saturated carbocycles. The SMILES string of the molecule is COc1ccc(CN(c2ccncn2)S(=O)(=O)c2c(F)cc(N3CCC[C@](CCc4ccc(C5CC5)c(C(F)(F)F)c4)(N(C)C)C3)cc2F)c(OC)c1. The summed E-state index contributed by atoms with van der Waals surface area (Å²) in [6, 6.07) is 12.7. The maximum Gasteiger partial charge on any atom is 0.416 e. The van der Waals surface area contributed by atoms with Gasteiger partial charge in [-0.2, -0.15) is 13.2 Å². The van der Waals surface area contributed by atoms with Gasteiger partial charge >= 0.3 is 6.18 Å². The summed E-state index contributed by atoms with van der Waals surface area (Å²) in [6.07, 6.45) is 1.74. The Hall–Kier alpha value is -4.50. The lowest BCUT2D eigenvalue weighted by Gasteiger charge is -2.48. The third kappa shape index (κ3) is 8.05. The number of aromatic nitrogens is 2. The monoisotopic (exact) mass is 759 g/mol. The lowest BCUT2D eigenvalue weighted by atomic mass is 9.82. The van der Waals surface area contributed by atoms with E-state index in [0.29, 0.717) is 67.0 Å². The molecule has 1 saturated heterocycles. The normalized spacial score (nSPS) is 18.0. The lowest BCUT2D eigenvalue weighted by molar-refractivity contribution is -0.138. The predicted octanol–water partition coefficient (Wildman–Crippen LogP) is 7.60. The summed E-state index contributed by atoms with van der Waals surface area (Å²) in [5.74, 6) is -1.97. The van der Waals surface area contributed by atoms with Crippen molar-refractivity contribution in [2.75, 3.05) is 50.6 Å². The molecule has 0 bridgehead atoms. The summed E-state index contributed by atoms with van der Waals surface area (Å²) in [6.45, 7) is 0.388. The average molecular weight is 760 g/mol. The van der Waals surface area contributed by atoms with Crippen molar-refractivity contribution < 1.29 is 39.8 Å². The molecule has 0 unspecified atom stereocenters. The van der Waals surface area contributed by atoms with E-state index in [4.69, 9.17) is 9.47 Å². The molecular weight excluding hydrogens is 718 g/mol. The number of halogens is 5. The van der Waals surface area contributed by atoms with Gasteiger partial charge in [-0.3, -0.25) is 0 Å². The fourth-order valence-electron chi connectivity index (χ4n) is 7.20. The Labute approximate surface area is 306 Å². The molecule has 2 fully saturated rings. The van der Waals surface area contributed by atoms with Crippen LogP contribution in [-0.4, -0.2) is 70.2 Å². The van der Waals surface area contributed by atoms with Crippen LogP contribution in [-0.2, 0) is 29.2 Å². The molecule has 3 aromatic carbocycles. The van der Waals surface area contributed by atoms with Crippen molar-refractivity contribution in [1.29, 1.82) is 0 Å². The standard InChI is InChI=1S/C38H42F5N5O4S/c1-46(2)37(15-12-25-6-11-30(26-7-8-26)31(18-25)38(41,42)43)14-5-17-47(23-37)28-19-32(39)36(33(40)20-28)53(49,50)48(35-13-16-44-24-45-35)22-27-9-10-29(51-3)21-34(27)52-4/h6,9-11,13,16,18-21,24,26H,5,7-8,12,14-15,17,22-23H2,1-4H3/t37-/m1/s1. The fraction of sp³-hybridized carbons (Fsp3) is 0.421. The van der Waals surface area contributed by atoms with Crippen LogP contribution in [0.4, 0.5) is 33.5 Å². The van der Waals surface area contributed by atoms with E-state index in [2.05, 4.69) is 9.97 Å². The van der Waals surface area contributed by atoms with Gasteiger partial charge in [0.1, 0.15) is 35.3 Å². The molecule has 284 valence electrons. The van der Waals surface area contributed by atoms with Crippen molar-refractivity contribution in [3.63, 3.8) is 0 Å². The van der Waals surface area contributed by atoms with Crippen molar-refractivity contribution in [3.05, 3.63) is 101 Å². The quantitative estimate of drug-likeness (QED) is 0.129. The van der Waals surface area contributed by atoms with Crippen LogP contribution in [0.25, 0.3) is 0 Å². The molecule has 0 spiro atoms. The molecule has 1 aliphatic carbocycles. The smallest absolute Gasteiger partial charge is 0.416 e. The summed E-state index contributed by atoms with van der Waals surface area (Å²) in [4.78, 5) is 10.6. The van der Waals surface area contributed by atoms with Crippen molar-refractivity contribution in [2.45, 2.75) is 67.6 Å². The Kier molecular flexibility index (Phi) is 10.9. The van der Waals surface area contributed by atoms with Crippen LogP contribution < -0.4 is 18.7 Å². The topological polar surface area (TPSA) is 88.1 Å². The van der Waals surface area contributed by atoms with Gasteiger partial charge in [0.05, 0.1) is 26.3 Å². The summed E-state index contributed by atoms with van der Waals surface area (Å²) < 4.78 is 114. The molecule has 1 aromatic heterocycles. The van der Waals surface area contributed by atoms with Gasteiger partial charge in [-0.1, -0.05) is 12.1 Å². The van der Waals surface area contributed by atoms with E-state index >= 15 is 8.78 Å². The summed E-state index contributed by atoms with van der Waals surface area (Å²) >= 11 is 0. The number of rotatable bonds is 13. The van der Waals surface area contributed by atoms with Crippen LogP contribution >= 0.6 is 0 Å². The average Bonchev–Trinajstić information content (AvgIpc) is 3.98. The zero-order valence-electron chi connectivity index (χ0n) is 30.0. The number of piperidine rings is 1. The second-order valence-electron chi connectivity index (χ2n) is 13.8. The van der Waals surface area contributed by atoms with Gasteiger partial charge in [-0.25, -0.2) is 31.5 Å². The second kappa shape index (κ2) is 15.1. The molecular formula is C38H42F5N5O4S. The number of aryl methyl sites for hydroxylation is 1. The molecule has 0 N–H and O–H groups in total. The molecule has 0 radical (unpaired) electrons. The number of methoxy groups -OCH3 is 2. The third-order valence-corrected chi connectivity index (χ3v) is 12.2. The van der Waals surface area contributed by atoms with Crippen LogP contribution in [0.1, 0.15) is 60.3 Å². The van der Waals surface area contributed by atoms with Crippen molar-refractivity contribution >= 4 is 21.5 Å². The Morgan fingerprint density at radius 2 is 1.72 bits per heavy atom. The highest BCUT2D eigenvalue weighted by molar-refractivity contribution is 7.92. The summed E-state index contributed by atoms with van der Waals surface area (Å²) in [5.41, 5.74) is 0.349. The van der Waals surface area contributed by atoms with Gasteiger partial charge in [0.15, 0.2) is 4.90 Å². The summed E-state index contributed by atoms with van der Waals surface area (Å²) in [7, 11) is 1.75. The number of anilines is 2. The van der Waals surface area contributed by atoms with Crippen LogP contribution in [0.3, 0.4) is 0 Å². The first-order chi connectivity index (χ1) is 25.2. The van der Waals surface area contributed by atoms with Gasteiger partial charge in [0.2, 0.25) is 0 Å². The number of ether oxygens (including phenoxy) is 2. The van der Waals surface area contributed by atoms with Crippen LogP contribution in [0.5, 0.6) is 11.5 Å². The van der Waals surface area contributed by atoms with E-state index in [1.54, 1.807) is 35.2 Å². The first-order valence-corrected chi connectivity index (χ1v) is 18.7. The predicted molar refractivity (Wildman–Crippen MR) is 191 cm³/mol. The number of hydrogen-bond donors (Lipinski definition) is 0. The highest BCUT2D eigenvalue weighted by atomic mass is 32.2. The number of nitrogens with zero attached hydrogens (tertiary/aromatic N) is 5. The largest absolute Gasteiger partial charge is 0.497 e. The molecule has 53 heavy (non-hydrogen) atoms. The number of benzene rings is 3. The third-order valence-electron chi connectivity index (χ3n) is 10.3. The van der Waals surface area contributed by atoms with Gasteiger partial charge in [0, 0.05) is 48.2 Å². The first kappa shape index (κ1) is 38.2. The molecule has 4 aromatic rings. The number of alkyl halides is 3. The van der Waals surface area contributed by atoms with Gasteiger partial charge in [0.25, 0.3) is 10.0 Å². The van der Waals surface area contributed by atoms with Crippen molar-refractivity contribution in [2.24, 2.45) is 0 Å². The van der Waals surface area contributed by atoms with Gasteiger partial charge < -0.3 is 19.3 Å². The van der Waals surface area contributed by atoms with Gasteiger partial charge in [-0.05, 0) is 100.0 Å². The van der Waals surface area contributed by atoms with E-state index < -0.39 is 43.8 Å². The number of hydrogen-bond acceptors (Lipinski definition) is 8. The van der Waals surface area contributed by atoms with Crippen molar-refractivity contribution in [3.8, 4) is 11.5 Å². The van der Waals surface area contributed by atoms with Crippen LogP contribution in [0.2, 0.25) is 0 Å². The van der Waals surface area contributed by atoms with E-state index in [1.807, 2.05) is 19.0 Å². The molecule has 0 amide bonds. The zero-order valence-corrected chi connectivity index (χ0v) is 30.8. The van der Waals surface area contributed by atoms with Crippen LogP contribution in [0, 0.1) is 11.6 Å². The highest BCUT2D eigenvalue weighted by Gasteiger charge is 2.41. The second-order valence-corrected chi connectivity index (χ2v) is 15.6.